The van der Waals surface area contributed by atoms with Crippen LogP contribution >= 0.6 is 0 Å². The van der Waals surface area contributed by atoms with Crippen LogP contribution < -0.4 is 5.32 Å². The van der Waals surface area contributed by atoms with Crippen molar-refractivity contribution in [3.8, 4) is 0 Å². The van der Waals surface area contributed by atoms with Gasteiger partial charge >= 0.3 is 6.18 Å². The third-order valence-electron chi connectivity index (χ3n) is 2.15. The summed E-state index contributed by atoms with van der Waals surface area (Å²) in [5, 5.41) is 2.75. The number of hydrogen-bond acceptors (Lipinski definition) is 2. The lowest BCUT2D eigenvalue weighted by atomic mass is 10.2. The van der Waals surface area contributed by atoms with E-state index in [1.54, 1.807) is 14.1 Å². The minimum Gasteiger partial charge on any atom is -0.376 e. The van der Waals surface area contributed by atoms with Crippen molar-refractivity contribution in [1.29, 1.82) is 0 Å². The molecule has 94 valence electrons. The summed E-state index contributed by atoms with van der Waals surface area (Å²) in [6, 6.07) is 4.54. The Bertz CT molecular complexity index is 385. The SMILES string of the molecule is CN(C)C(=O)CNc1ccc(C(F)(F)F)cc1. The highest BCUT2D eigenvalue weighted by molar-refractivity contribution is 5.80. The van der Waals surface area contributed by atoms with Crippen LogP contribution in [0.15, 0.2) is 24.3 Å². The Hall–Kier alpha value is -1.72. The predicted octanol–water partition coefficient (Wildman–Crippen LogP) is 2.21. The molecule has 0 spiro atoms. The van der Waals surface area contributed by atoms with Gasteiger partial charge in [0.05, 0.1) is 12.1 Å². The number of carbonyl (C=O) groups is 1. The van der Waals surface area contributed by atoms with E-state index in [0.717, 1.165) is 12.1 Å². The Morgan fingerprint density at radius 2 is 1.76 bits per heavy atom. The smallest absolute Gasteiger partial charge is 0.376 e. The van der Waals surface area contributed by atoms with Gasteiger partial charge in [-0.1, -0.05) is 0 Å². The molecule has 0 saturated carbocycles. The fourth-order valence-electron chi connectivity index (χ4n) is 1.11. The number of likely N-dealkylation sites (N-methyl/N-ethyl adjacent to an activating group) is 1. The third kappa shape index (κ3) is 3.97. The molecule has 1 amide bonds. The Morgan fingerprint density at radius 1 is 1.24 bits per heavy atom. The van der Waals surface area contributed by atoms with Crippen LogP contribution in [0.25, 0.3) is 0 Å². The zero-order valence-electron chi connectivity index (χ0n) is 9.51. The summed E-state index contributed by atoms with van der Waals surface area (Å²) < 4.78 is 36.8. The molecule has 0 radical (unpaired) electrons. The number of nitrogens with zero attached hydrogens (tertiary/aromatic N) is 1. The fraction of sp³-hybridized carbons (Fsp3) is 0.364. The summed E-state index contributed by atoms with van der Waals surface area (Å²) in [6.07, 6.45) is -4.34. The van der Waals surface area contributed by atoms with Crippen LogP contribution in [0.1, 0.15) is 5.56 Å². The van der Waals surface area contributed by atoms with Gasteiger partial charge in [0.1, 0.15) is 0 Å². The molecule has 1 rings (SSSR count). The molecule has 1 N–H and O–H groups in total. The van der Waals surface area contributed by atoms with Crippen LogP contribution in [0.2, 0.25) is 0 Å². The van der Waals surface area contributed by atoms with E-state index < -0.39 is 11.7 Å². The molecule has 0 aliphatic rings. The number of rotatable bonds is 3. The van der Waals surface area contributed by atoms with E-state index in [1.165, 1.54) is 17.0 Å². The Morgan fingerprint density at radius 3 is 2.18 bits per heavy atom. The van der Waals surface area contributed by atoms with Crippen molar-refractivity contribution in [2.75, 3.05) is 26.0 Å². The number of anilines is 1. The average molecular weight is 246 g/mol. The summed E-state index contributed by atoms with van der Waals surface area (Å²) >= 11 is 0. The number of alkyl halides is 3. The topological polar surface area (TPSA) is 32.3 Å². The summed E-state index contributed by atoms with van der Waals surface area (Å²) in [6.45, 7) is 0.0539. The van der Waals surface area contributed by atoms with Crippen molar-refractivity contribution in [2.24, 2.45) is 0 Å². The van der Waals surface area contributed by atoms with Gasteiger partial charge in [-0.05, 0) is 24.3 Å². The van der Waals surface area contributed by atoms with Gasteiger partial charge in [-0.25, -0.2) is 0 Å². The molecule has 17 heavy (non-hydrogen) atoms. The van der Waals surface area contributed by atoms with Gasteiger partial charge in [-0.15, -0.1) is 0 Å². The lowest BCUT2D eigenvalue weighted by molar-refractivity contribution is -0.137. The van der Waals surface area contributed by atoms with Gasteiger partial charge < -0.3 is 10.2 Å². The number of benzene rings is 1. The minimum atomic E-state index is -4.34. The molecule has 1 aromatic carbocycles. The number of hydrogen-bond donors (Lipinski definition) is 1. The standard InChI is InChI=1S/C11H13F3N2O/c1-16(2)10(17)7-15-9-5-3-8(4-6-9)11(12,13)14/h3-6,15H,7H2,1-2H3. The third-order valence-corrected chi connectivity index (χ3v) is 2.15. The van der Waals surface area contributed by atoms with E-state index in [1.807, 2.05) is 0 Å². The molecular weight excluding hydrogens is 233 g/mol. The van der Waals surface area contributed by atoms with E-state index >= 15 is 0 Å². The second kappa shape index (κ2) is 5.07. The molecule has 0 aromatic heterocycles. The van der Waals surface area contributed by atoms with E-state index in [-0.39, 0.29) is 12.5 Å². The summed E-state index contributed by atoms with van der Waals surface area (Å²) in [4.78, 5) is 12.6. The molecule has 1 aromatic rings. The molecule has 0 unspecified atom stereocenters. The van der Waals surface area contributed by atoms with Crippen LogP contribution in [0.4, 0.5) is 18.9 Å². The van der Waals surface area contributed by atoms with E-state index in [2.05, 4.69) is 5.32 Å². The summed E-state index contributed by atoms with van der Waals surface area (Å²) in [5.41, 5.74) is -0.227. The monoisotopic (exact) mass is 246 g/mol. The van der Waals surface area contributed by atoms with Crippen LogP contribution in [-0.4, -0.2) is 31.4 Å². The summed E-state index contributed by atoms with van der Waals surface area (Å²) in [7, 11) is 3.22. The quantitative estimate of drug-likeness (QED) is 0.886. The summed E-state index contributed by atoms with van der Waals surface area (Å²) in [5.74, 6) is -0.148. The molecule has 0 heterocycles. The largest absolute Gasteiger partial charge is 0.416 e. The van der Waals surface area contributed by atoms with Gasteiger partial charge in [-0.3, -0.25) is 4.79 Å². The molecule has 0 fully saturated rings. The maximum atomic E-state index is 12.3. The van der Waals surface area contributed by atoms with E-state index in [0.29, 0.717) is 5.69 Å². The zero-order chi connectivity index (χ0) is 13.1. The molecule has 0 saturated heterocycles. The average Bonchev–Trinajstić information content (AvgIpc) is 2.25. The predicted molar refractivity (Wildman–Crippen MR) is 58.6 cm³/mol. The van der Waals surface area contributed by atoms with Crippen LogP contribution in [0, 0.1) is 0 Å². The normalized spacial score (nSPS) is 11.1. The number of amides is 1. The number of halogens is 3. The highest BCUT2D eigenvalue weighted by Gasteiger charge is 2.29. The van der Waals surface area contributed by atoms with Gasteiger partial charge in [0, 0.05) is 19.8 Å². The fourth-order valence-corrected chi connectivity index (χ4v) is 1.11. The van der Waals surface area contributed by atoms with Crippen LogP contribution in [-0.2, 0) is 11.0 Å². The maximum Gasteiger partial charge on any atom is 0.416 e. The molecule has 0 atom stereocenters. The Labute approximate surface area is 97.2 Å². The van der Waals surface area contributed by atoms with E-state index in [4.69, 9.17) is 0 Å². The molecule has 0 aliphatic carbocycles. The van der Waals surface area contributed by atoms with Gasteiger partial charge in [0.2, 0.25) is 5.91 Å². The van der Waals surface area contributed by atoms with Crippen molar-refractivity contribution in [3.63, 3.8) is 0 Å². The number of carbonyl (C=O) groups excluding carboxylic acids is 1. The first-order valence-corrected chi connectivity index (χ1v) is 4.92. The number of nitrogens with one attached hydrogen (secondary N) is 1. The molecule has 6 heteroatoms. The molecule has 3 nitrogen and oxygen atoms in total. The molecule has 0 bridgehead atoms. The second-order valence-electron chi connectivity index (χ2n) is 3.72. The van der Waals surface area contributed by atoms with Gasteiger partial charge in [-0.2, -0.15) is 13.2 Å². The molecule has 0 aliphatic heterocycles. The van der Waals surface area contributed by atoms with Gasteiger partial charge in [0.25, 0.3) is 0 Å². The zero-order valence-corrected chi connectivity index (χ0v) is 9.51. The van der Waals surface area contributed by atoms with Gasteiger partial charge in [0.15, 0.2) is 0 Å². The maximum absolute atomic E-state index is 12.3. The van der Waals surface area contributed by atoms with Crippen molar-refractivity contribution in [2.45, 2.75) is 6.18 Å². The van der Waals surface area contributed by atoms with Crippen molar-refractivity contribution < 1.29 is 18.0 Å². The van der Waals surface area contributed by atoms with E-state index in [9.17, 15) is 18.0 Å². The minimum absolute atomic E-state index is 0.0539. The lowest BCUT2D eigenvalue weighted by Crippen LogP contribution is -2.28. The van der Waals surface area contributed by atoms with Crippen molar-refractivity contribution in [3.05, 3.63) is 29.8 Å². The highest BCUT2D eigenvalue weighted by Crippen LogP contribution is 2.29. The first-order valence-electron chi connectivity index (χ1n) is 4.92. The second-order valence-corrected chi connectivity index (χ2v) is 3.72. The van der Waals surface area contributed by atoms with Crippen LogP contribution in [0.3, 0.4) is 0 Å². The first-order chi connectivity index (χ1) is 7.80. The lowest BCUT2D eigenvalue weighted by Gasteiger charge is -2.12. The Balaban J connectivity index is 2.61. The Kier molecular flexibility index (Phi) is 3.98. The van der Waals surface area contributed by atoms with Crippen molar-refractivity contribution in [1.82, 2.24) is 4.90 Å². The molecular formula is C11H13F3N2O. The van der Waals surface area contributed by atoms with Crippen LogP contribution in [0.5, 0.6) is 0 Å². The van der Waals surface area contributed by atoms with Crippen molar-refractivity contribution >= 4 is 11.6 Å². The first kappa shape index (κ1) is 13.3. The highest BCUT2D eigenvalue weighted by atomic mass is 19.4.